The number of hydrogen-bond acceptors (Lipinski definition) is 5. The minimum atomic E-state index is 0.585. The number of hydrogen-bond donors (Lipinski definition) is 0. The minimum absolute atomic E-state index is 0.585. The van der Waals surface area contributed by atoms with Gasteiger partial charge in [0, 0.05) is 29.7 Å². The van der Waals surface area contributed by atoms with Crippen molar-refractivity contribution in [2.24, 2.45) is 0 Å². The van der Waals surface area contributed by atoms with Gasteiger partial charge in [0.2, 0.25) is 0 Å². The van der Waals surface area contributed by atoms with E-state index in [1.165, 1.54) is 17.0 Å². The number of thiazole rings is 1. The first-order chi connectivity index (χ1) is 13.3. The van der Waals surface area contributed by atoms with E-state index in [1.54, 1.807) is 0 Å². The second-order valence-electron chi connectivity index (χ2n) is 6.26. The molecule has 0 bridgehead atoms. The second-order valence-corrected chi connectivity index (χ2v) is 7.12. The van der Waals surface area contributed by atoms with Crippen molar-refractivity contribution in [2.45, 2.75) is 0 Å². The first-order valence-electron chi connectivity index (χ1n) is 8.89. The van der Waals surface area contributed by atoms with E-state index in [4.69, 9.17) is 4.74 Å². The lowest BCUT2D eigenvalue weighted by Gasteiger charge is -2.28. The molecule has 0 atom stereocenters. The zero-order valence-corrected chi connectivity index (χ0v) is 15.7. The zero-order valence-electron chi connectivity index (χ0n) is 14.8. The van der Waals surface area contributed by atoms with Crippen LogP contribution >= 0.6 is 11.3 Å². The molecule has 0 aliphatic carbocycles. The zero-order chi connectivity index (χ0) is 18.5. The lowest BCUT2D eigenvalue weighted by molar-refractivity contribution is 0.122. The molecule has 27 heavy (non-hydrogen) atoms. The molecule has 1 saturated heterocycles. The van der Waals surface area contributed by atoms with E-state index in [-0.39, 0.29) is 0 Å². The van der Waals surface area contributed by atoms with E-state index in [0.717, 1.165) is 48.1 Å². The van der Waals surface area contributed by atoms with Crippen LogP contribution in [0.25, 0.3) is 22.9 Å². The van der Waals surface area contributed by atoms with Crippen LogP contribution < -0.4 is 4.90 Å². The Balaban J connectivity index is 1.55. The predicted octanol–water partition coefficient (Wildman–Crippen LogP) is 4.71. The first-order valence-corrected chi connectivity index (χ1v) is 9.77. The summed E-state index contributed by atoms with van der Waals surface area (Å²) in [5.41, 5.74) is 4.74. The van der Waals surface area contributed by atoms with Gasteiger partial charge in [0.15, 0.2) is 0 Å². The molecule has 2 heterocycles. The minimum Gasteiger partial charge on any atom is -0.378 e. The largest absolute Gasteiger partial charge is 0.378 e. The summed E-state index contributed by atoms with van der Waals surface area (Å²) in [5.74, 6) is 0. The van der Waals surface area contributed by atoms with Crippen LogP contribution in [0.5, 0.6) is 0 Å². The fraction of sp³-hybridized carbons (Fsp3) is 0.182. The number of aromatic nitrogens is 1. The average Bonchev–Trinajstić information content (AvgIpc) is 3.24. The third-order valence-corrected chi connectivity index (χ3v) is 5.38. The Morgan fingerprint density at radius 2 is 1.81 bits per heavy atom. The maximum Gasteiger partial charge on any atom is 0.134 e. The van der Waals surface area contributed by atoms with Crippen LogP contribution in [0.4, 0.5) is 5.69 Å². The van der Waals surface area contributed by atoms with E-state index in [2.05, 4.69) is 28.1 Å². The van der Waals surface area contributed by atoms with Gasteiger partial charge in [-0.05, 0) is 23.8 Å². The molecule has 1 fully saturated rings. The average molecular weight is 373 g/mol. The molecule has 1 aliphatic heterocycles. The van der Waals surface area contributed by atoms with Crippen molar-refractivity contribution in [1.29, 1.82) is 5.26 Å². The Morgan fingerprint density at radius 3 is 2.52 bits per heavy atom. The van der Waals surface area contributed by atoms with E-state index in [1.807, 2.05) is 53.9 Å². The van der Waals surface area contributed by atoms with Crippen LogP contribution in [0, 0.1) is 11.3 Å². The van der Waals surface area contributed by atoms with Gasteiger partial charge < -0.3 is 9.64 Å². The highest BCUT2D eigenvalue weighted by atomic mass is 32.1. The predicted molar refractivity (Wildman–Crippen MR) is 111 cm³/mol. The Bertz CT molecular complexity index is 965. The fourth-order valence-electron chi connectivity index (χ4n) is 3.05. The Hall–Kier alpha value is -2.94. The van der Waals surface area contributed by atoms with Crippen molar-refractivity contribution in [3.63, 3.8) is 0 Å². The summed E-state index contributed by atoms with van der Waals surface area (Å²) < 4.78 is 5.40. The number of rotatable bonds is 4. The lowest BCUT2D eigenvalue weighted by Crippen LogP contribution is -2.36. The summed E-state index contributed by atoms with van der Waals surface area (Å²) in [6, 6.07) is 20.6. The highest BCUT2D eigenvalue weighted by Gasteiger charge is 2.12. The van der Waals surface area contributed by atoms with Crippen molar-refractivity contribution >= 4 is 28.7 Å². The van der Waals surface area contributed by atoms with Crippen molar-refractivity contribution < 1.29 is 4.74 Å². The smallest absolute Gasteiger partial charge is 0.134 e. The molecule has 0 spiro atoms. The maximum absolute atomic E-state index is 9.61. The van der Waals surface area contributed by atoms with E-state index in [0.29, 0.717) is 5.57 Å². The molecule has 2 aromatic carbocycles. The molecule has 0 N–H and O–H groups in total. The standard InChI is InChI=1S/C22H19N3OS/c23-15-19(22-24-21(16-27-22)18-4-2-1-3-5-18)14-17-6-8-20(9-7-17)25-10-12-26-13-11-25/h1-9,14,16H,10-13H2/b19-14-. The fourth-order valence-corrected chi connectivity index (χ4v) is 3.85. The quantitative estimate of drug-likeness (QED) is 0.622. The Kier molecular flexibility index (Phi) is 5.29. The van der Waals surface area contributed by atoms with E-state index >= 15 is 0 Å². The van der Waals surface area contributed by atoms with Gasteiger partial charge in [0.25, 0.3) is 0 Å². The van der Waals surface area contributed by atoms with Crippen molar-refractivity contribution in [3.8, 4) is 17.3 Å². The van der Waals surface area contributed by atoms with Gasteiger partial charge in [-0.15, -0.1) is 11.3 Å². The summed E-state index contributed by atoms with van der Waals surface area (Å²) >= 11 is 1.50. The number of ether oxygens (including phenoxy) is 1. The number of anilines is 1. The van der Waals surface area contributed by atoms with Gasteiger partial charge >= 0.3 is 0 Å². The number of nitrogens with zero attached hydrogens (tertiary/aromatic N) is 3. The summed E-state index contributed by atoms with van der Waals surface area (Å²) in [4.78, 5) is 6.96. The van der Waals surface area contributed by atoms with Crippen LogP contribution in [0.2, 0.25) is 0 Å². The van der Waals surface area contributed by atoms with Gasteiger partial charge in [-0.2, -0.15) is 5.26 Å². The molecule has 0 amide bonds. The number of morpholine rings is 1. The third kappa shape index (κ3) is 4.08. The molecule has 5 heteroatoms. The molecule has 1 aromatic heterocycles. The van der Waals surface area contributed by atoms with Crippen molar-refractivity contribution in [3.05, 3.63) is 70.5 Å². The van der Waals surface area contributed by atoms with Crippen LogP contribution in [-0.2, 0) is 4.74 Å². The van der Waals surface area contributed by atoms with Gasteiger partial charge in [-0.3, -0.25) is 0 Å². The van der Waals surface area contributed by atoms with Gasteiger partial charge in [-0.25, -0.2) is 4.98 Å². The van der Waals surface area contributed by atoms with Crippen LogP contribution in [-0.4, -0.2) is 31.3 Å². The molecule has 0 saturated carbocycles. The molecule has 4 rings (SSSR count). The molecular weight excluding hydrogens is 354 g/mol. The molecule has 4 nitrogen and oxygen atoms in total. The summed E-state index contributed by atoms with van der Waals surface area (Å²) in [5, 5.41) is 12.3. The Labute approximate surface area is 163 Å². The van der Waals surface area contributed by atoms with E-state index in [9.17, 15) is 5.26 Å². The Morgan fingerprint density at radius 1 is 1.07 bits per heavy atom. The molecule has 1 aliphatic rings. The molecule has 134 valence electrons. The summed E-state index contributed by atoms with van der Waals surface area (Å²) in [6.07, 6.45) is 1.90. The summed E-state index contributed by atoms with van der Waals surface area (Å²) in [6.45, 7) is 3.38. The molecular formula is C22H19N3OS. The molecule has 3 aromatic rings. The monoisotopic (exact) mass is 373 g/mol. The number of nitriles is 1. The highest BCUT2D eigenvalue weighted by Crippen LogP contribution is 2.27. The normalized spacial score (nSPS) is 14.8. The summed E-state index contributed by atoms with van der Waals surface area (Å²) in [7, 11) is 0. The molecule has 0 radical (unpaired) electrons. The van der Waals surface area contributed by atoms with Gasteiger partial charge in [0.05, 0.1) is 24.5 Å². The maximum atomic E-state index is 9.61. The lowest BCUT2D eigenvalue weighted by atomic mass is 10.1. The number of benzene rings is 2. The van der Waals surface area contributed by atoms with E-state index < -0.39 is 0 Å². The van der Waals surface area contributed by atoms with Gasteiger partial charge in [0.1, 0.15) is 11.1 Å². The number of allylic oxidation sites excluding steroid dienone is 1. The third-order valence-electron chi connectivity index (χ3n) is 4.50. The van der Waals surface area contributed by atoms with Crippen molar-refractivity contribution in [1.82, 2.24) is 4.98 Å². The topological polar surface area (TPSA) is 49.2 Å². The molecule has 0 unspecified atom stereocenters. The second kappa shape index (κ2) is 8.17. The highest BCUT2D eigenvalue weighted by molar-refractivity contribution is 7.11. The van der Waals surface area contributed by atoms with Gasteiger partial charge in [-0.1, -0.05) is 42.5 Å². The first kappa shape index (κ1) is 17.5. The van der Waals surface area contributed by atoms with Crippen LogP contribution in [0.1, 0.15) is 10.6 Å². The van der Waals surface area contributed by atoms with Crippen LogP contribution in [0.3, 0.4) is 0 Å². The van der Waals surface area contributed by atoms with Crippen molar-refractivity contribution in [2.75, 3.05) is 31.2 Å². The van der Waals surface area contributed by atoms with Crippen LogP contribution in [0.15, 0.2) is 60.0 Å². The SMILES string of the molecule is N#C/C(=C/c1ccc(N2CCOCC2)cc1)c1nc(-c2ccccc2)cs1.